The minimum atomic E-state index is -5.08. The molecule has 1 unspecified atom stereocenters. The molecule has 3 aliphatic heterocycles. The molecular weight excluding hydrogens is 986 g/mol. The monoisotopic (exact) mass is 1040 g/mol. The van der Waals surface area contributed by atoms with Gasteiger partial charge in [0.2, 0.25) is 11.8 Å². The number of nitrogen functional groups attached to an aromatic ring is 1. The van der Waals surface area contributed by atoms with Crippen LogP contribution in [0.15, 0.2) is 91.2 Å². The minimum absolute atomic E-state index is 0.0278. The Morgan fingerprint density at radius 1 is 0.986 bits per heavy atom. The van der Waals surface area contributed by atoms with Gasteiger partial charge in [-0.1, -0.05) is 24.3 Å². The molecule has 3 aromatic carbocycles. The van der Waals surface area contributed by atoms with E-state index < -0.39 is 57.4 Å². The fourth-order valence-electron chi connectivity index (χ4n) is 9.48. The number of alkyl halides is 2. The first-order valence-corrected chi connectivity index (χ1v) is 25.2. The van der Waals surface area contributed by atoms with Crippen molar-refractivity contribution in [3.05, 3.63) is 114 Å². The standard InChI is InChI=1S/C49H53F3N14O7S/c1-27(28-6-9-31(50)10-7-28)73-39-22-29(8-11-36(39)61-74(71,72)49(51)52)43-42-44(62(2)60-43)35(24-57-45(42)54)30-23-58-65(25-30)33-15-18-63(19-16-33)20-21-64(55)26-32(53)14-17-56-37-5-3-4-34-41(37)48(70)66(47(34)69)38-12-13-40(67)59-46(38)68/h3-11,22-27,33,38,49,56,61H,12-21,53,55H2,1-2H3,(H2,54,57)(H,59,67,68)/b32-26-/t27-,38?/m0/s1. The van der Waals surface area contributed by atoms with E-state index in [2.05, 4.69) is 20.5 Å². The number of nitrogens with two attached hydrogens (primary N) is 3. The number of amides is 4. The van der Waals surface area contributed by atoms with Crippen LogP contribution >= 0.6 is 0 Å². The van der Waals surface area contributed by atoms with Gasteiger partial charge in [0, 0.05) is 99.3 Å². The third kappa shape index (κ3) is 10.4. The number of nitrogens with zero attached hydrogens (tertiary/aromatic N) is 8. The number of nitrogens with one attached hydrogen (secondary N) is 3. The van der Waals surface area contributed by atoms with Crippen molar-refractivity contribution < 1.29 is 45.5 Å². The van der Waals surface area contributed by atoms with Crippen LogP contribution in [0.5, 0.6) is 5.75 Å². The number of halogens is 3. The summed E-state index contributed by atoms with van der Waals surface area (Å²) in [7, 11) is -3.34. The Morgan fingerprint density at radius 3 is 2.47 bits per heavy atom. The average Bonchev–Trinajstić information content (AvgIpc) is 4.07. The fraction of sp³-hybridized carbons (Fsp3) is 0.327. The van der Waals surface area contributed by atoms with E-state index in [1.807, 2.05) is 15.6 Å². The van der Waals surface area contributed by atoms with Crippen molar-refractivity contribution >= 4 is 61.7 Å². The van der Waals surface area contributed by atoms with E-state index in [9.17, 15) is 40.8 Å². The zero-order chi connectivity index (χ0) is 52.6. The zero-order valence-electron chi connectivity index (χ0n) is 40.2. The van der Waals surface area contributed by atoms with Crippen LogP contribution in [0.4, 0.5) is 30.4 Å². The summed E-state index contributed by atoms with van der Waals surface area (Å²) in [6.45, 7) is 4.73. The number of rotatable bonds is 18. The third-order valence-corrected chi connectivity index (χ3v) is 14.3. The van der Waals surface area contributed by atoms with E-state index in [1.54, 1.807) is 49.4 Å². The fourth-order valence-corrected chi connectivity index (χ4v) is 10.0. The molecule has 388 valence electrons. The number of aromatic nitrogens is 5. The Balaban J connectivity index is 0.808. The van der Waals surface area contributed by atoms with Gasteiger partial charge in [-0.3, -0.25) is 43.5 Å². The van der Waals surface area contributed by atoms with Gasteiger partial charge in [0.15, 0.2) is 0 Å². The number of carbonyl (C=O) groups is 4. The molecule has 25 heteroatoms. The van der Waals surface area contributed by atoms with E-state index >= 15 is 0 Å². The topological polar surface area (TPSA) is 284 Å². The second-order valence-electron chi connectivity index (χ2n) is 18.3. The molecule has 4 amide bonds. The van der Waals surface area contributed by atoms with Crippen LogP contribution in [0.25, 0.3) is 33.3 Å². The Hall–Kier alpha value is -8.03. The first kappa shape index (κ1) is 50.9. The molecule has 21 nitrogen and oxygen atoms in total. The number of likely N-dealkylation sites (tertiary alicyclic amines) is 1. The van der Waals surface area contributed by atoms with E-state index in [0.717, 1.165) is 36.4 Å². The quantitative estimate of drug-likeness (QED) is 0.0382. The number of imide groups is 2. The number of carbonyl (C=O) groups excluding carboxylic acids is 4. The molecule has 6 aromatic rings. The molecular formula is C49H53F3N14O7S. The number of sulfonamides is 1. The van der Waals surface area contributed by atoms with Crippen LogP contribution < -0.4 is 37.4 Å². The van der Waals surface area contributed by atoms with Crippen LogP contribution in [0, 0.1) is 5.82 Å². The van der Waals surface area contributed by atoms with Crippen LogP contribution in [0.2, 0.25) is 0 Å². The van der Waals surface area contributed by atoms with Gasteiger partial charge in [0.25, 0.3) is 21.8 Å². The largest absolute Gasteiger partial charge is 0.484 e. The number of aryl methyl sites for hydroxylation is 1. The Morgan fingerprint density at radius 2 is 1.74 bits per heavy atom. The molecule has 9 N–H and O–H groups in total. The molecule has 3 aliphatic rings. The van der Waals surface area contributed by atoms with Gasteiger partial charge in [0.05, 0.1) is 40.0 Å². The van der Waals surface area contributed by atoms with Gasteiger partial charge in [0.1, 0.15) is 35.2 Å². The molecule has 2 atom stereocenters. The lowest BCUT2D eigenvalue weighted by Crippen LogP contribution is -2.54. The van der Waals surface area contributed by atoms with E-state index in [-0.39, 0.29) is 47.3 Å². The van der Waals surface area contributed by atoms with Crippen molar-refractivity contribution in [3.8, 4) is 28.1 Å². The van der Waals surface area contributed by atoms with Crippen molar-refractivity contribution in [2.24, 2.45) is 18.6 Å². The molecule has 2 fully saturated rings. The number of pyridine rings is 1. The highest BCUT2D eigenvalue weighted by atomic mass is 32.2. The number of hydrogen-bond acceptors (Lipinski definition) is 16. The highest BCUT2D eigenvalue weighted by Crippen LogP contribution is 2.41. The van der Waals surface area contributed by atoms with E-state index in [4.69, 9.17) is 32.2 Å². The molecule has 2 saturated heterocycles. The number of ether oxygens (including phenoxy) is 1. The normalized spacial score (nSPS) is 17.3. The molecule has 0 spiro atoms. The SMILES string of the molecule is C[C@H](Oc1cc(-c2nn(C)c3c(-c4cnn(C5CCN(CCN(N)/C=C(\N)CCNc6cccc7c6C(=O)N(C6CCC(=O)NC6=O)C7=O)CC5)c4)cnc(N)c23)ccc1NS(=O)(=O)C(F)F)c1ccc(F)cc1. The number of anilines is 3. The van der Waals surface area contributed by atoms with Gasteiger partial charge in [-0.15, -0.1) is 0 Å². The molecule has 0 aliphatic carbocycles. The van der Waals surface area contributed by atoms with Crippen molar-refractivity contribution in [1.82, 2.24) is 44.7 Å². The van der Waals surface area contributed by atoms with Gasteiger partial charge < -0.3 is 31.4 Å². The highest BCUT2D eigenvalue weighted by Gasteiger charge is 2.45. The maximum atomic E-state index is 13.7. The number of fused-ring (bicyclic) bond motifs is 2. The second-order valence-corrected chi connectivity index (χ2v) is 19.9. The molecule has 3 aromatic heterocycles. The third-order valence-electron chi connectivity index (χ3n) is 13.3. The maximum Gasteiger partial charge on any atom is 0.355 e. The number of hydrazine groups is 1. The lowest BCUT2D eigenvalue weighted by Gasteiger charge is -2.32. The predicted molar refractivity (Wildman–Crippen MR) is 268 cm³/mol. The number of hydrogen-bond donors (Lipinski definition) is 6. The van der Waals surface area contributed by atoms with Gasteiger partial charge in [-0.05, 0) is 68.1 Å². The smallest absolute Gasteiger partial charge is 0.355 e. The summed E-state index contributed by atoms with van der Waals surface area (Å²) in [5.74, 6) is -0.0749. The Bertz CT molecular complexity index is 3310. The number of benzene rings is 3. The van der Waals surface area contributed by atoms with Crippen molar-refractivity contribution in [3.63, 3.8) is 0 Å². The van der Waals surface area contributed by atoms with Gasteiger partial charge in [-0.2, -0.15) is 19.0 Å². The van der Waals surface area contributed by atoms with E-state index in [0.29, 0.717) is 70.7 Å². The Kier molecular flexibility index (Phi) is 14.3. The molecule has 74 heavy (non-hydrogen) atoms. The molecule has 0 bridgehead atoms. The summed E-state index contributed by atoms with van der Waals surface area (Å²) in [6, 6.07) is 13.6. The summed E-state index contributed by atoms with van der Waals surface area (Å²) < 4.78 is 76.8. The average molecular weight is 1040 g/mol. The first-order chi connectivity index (χ1) is 35.4. The second kappa shape index (κ2) is 20.8. The molecule has 6 heterocycles. The lowest BCUT2D eigenvalue weighted by atomic mass is 10.0. The van der Waals surface area contributed by atoms with Crippen LogP contribution in [0.3, 0.4) is 0 Å². The summed E-state index contributed by atoms with van der Waals surface area (Å²) in [5, 5.41) is 16.9. The van der Waals surface area contributed by atoms with Gasteiger partial charge >= 0.3 is 5.76 Å². The van der Waals surface area contributed by atoms with Crippen molar-refractivity contribution in [1.29, 1.82) is 0 Å². The van der Waals surface area contributed by atoms with Crippen LogP contribution in [0.1, 0.15) is 77.5 Å². The summed E-state index contributed by atoms with van der Waals surface area (Å²) in [4.78, 5) is 58.5. The highest BCUT2D eigenvalue weighted by molar-refractivity contribution is 7.93. The van der Waals surface area contributed by atoms with Crippen molar-refractivity contribution in [2.75, 3.05) is 48.5 Å². The van der Waals surface area contributed by atoms with Crippen LogP contribution in [-0.4, -0.2) is 116 Å². The first-order valence-electron chi connectivity index (χ1n) is 23.7. The minimum Gasteiger partial charge on any atom is -0.484 e. The lowest BCUT2D eigenvalue weighted by molar-refractivity contribution is -0.136. The molecule has 0 saturated carbocycles. The Labute approximate surface area is 422 Å². The maximum absolute atomic E-state index is 13.7. The van der Waals surface area contributed by atoms with Crippen molar-refractivity contribution in [2.45, 2.75) is 63.0 Å². The molecule has 0 radical (unpaired) electrons. The van der Waals surface area contributed by atoms with Gasteiger partial charge in [-0.25, -0.2) is 23.6 Å². The molecule has 9 rings (SSSR count). The summed E-state index contributed by atoms with van der Waals surface area (Å²) >= 11 is 0. The van der Waals surface area contributed by atoms with E-state index in [1.165, 1.54) is 53.5 Å². The number of piperidine rings is 2. The predicted octanol–water partition coefficient (Wildman–Crippen LogP) is 4.84. The van der Waals surface area contributed by atoms with Crippen LogP contribution in [-0.2, 0) is 26.7 Å². The summed E-state index contributed by atoms with van der Waals surface area (Å²) in [6.07, 6.45) is 8.35. The summed E-state index contributed by atoms with van der Waals surface area (Å²) in [5.41, 5.74) is 17.3. The zero-order valence-corrected chi connectivity index (χ0v) is 41.0.